The van der Waals surface area contributed by atoms with Gasteiger partial charge in [0.1, 0.15) is 0 Å². The van der Waals surface area contributed by atoms with Crippen LogP contribution in [-0.4, -0.2) is 46.2 Å². The first kappa shape index (κ1) is 17.9. The summed E-state index contributed by atoms with van der Waals surface area (Å²) in [5.74, 6) is -2.15. The summed E-state index contributed by atoms with van der Waals surface area (Å²) in [6.45, 7) is 7.03. The second-order valence-electron chi connectivity index (χ2n) is 4.80. The Morgan fingerprint density at radius 2 is 1.37 bits per heavy atom. The summed E-state index contributed by atoms with van der Waals surface area (Å²) in [5.41, 5.74) is 0. The van der Waals surface area contributed by atoms with Crippen molar-refractivity contribution in [2.75, 3.05) is 13.1 Å². The van der Waals surface area contributed by atoms with Crippen LogP contribution in [0, 0.1) is 0 Å². The molecule has 5 nitrogen and oxygen atoms in total. The fourth-order valence-electron chi connectivity index (χ4n) is 2.40. The van der Waals surface area contributed by atoms with Gasteiger partial charge in [0, 0.05) is 6.04 Å². The molecular formula is C14H27NO4. The molecule has 0 unspecified atom stereocenters. The Labute approximate surface area is 115 Å². The maximum absolute atomic E-state index is 9.64. The molecule has 0 aromatic heterocycles. The summed E-state index contributed by atoms with van der Waals surface area (Å²) in [6, 6.07) is 0.916. The van der Waals surface area contributed by atoms with E-state index in [2.05, 4.69) is 18.7 Å². The topological polar surface area (TPSA) is 77.8 Å². The molecule has 0 radical (unpaired) electrons. The molecule has 0 atom stereocenters. The molecule has 19 heavy (non-hydrogen) atoms. The van der Waals surface area contributed by atoms with E-state index in [1.165, 1.54) is 45.2 Å². The van der Waals surface area contributed by atoms with Crippen molar-refractivity contribution in [2.24, 2.45) is 0 Å². The van der Waals surface area contributed by atoms with Gasteiger partial charge in [-0.25, -0.2) is 0 Å². The molecule has 1 aliphatic rings. The van der Waals surface area contributed by atoms with Crippen LogP contribution in [-0.2, 0) is 9.59 Å². The van der Waals surface area contributed by atoms with E-state index in [1.807, 2.05) is 0 Å². The molecule has 0 aromatic carbocycles. The third-order valence-corrected chi connectivity index (χ3v) is 3.46. The molecule has 0 bridgehead atoms. The molecular weight excluding hydrogens is 246 g/mol. The SMILES string of the molecule is CCN(CC)C1CCCCC1.O=C(O)CCC(=O)O. The van der Waals surface area contributed by atoms with Gasteiger partial charge in [0.25, 0.3) is 0 Å². The van der Waals surface area contributed by atoms with Crippen molar-refractivity contribution in [3.8, 4) is 0 Å². The lowest BCUT2D eigenvalue weighted by atomic mass is 9.94. The fraction of sp³-hybridized carbons (Fsp3) is 0.857. The first-order chi connectivity index (χ1) is 9.01. The van der Waals surface area contributed by atoms with Crippen LogP contribution in [0.25, 0.3) is 0 Å². The van der Waals surface area contributed by atoms with Crippen molar-refractivity contribution >= 4 is 11.9 Å². The smallest absolute Gasteiger partial charge is 0.303 e. The minimum Gasteiger partial charge on any atom is -0.481 e. The van der Waals surface area contributed by atoms with Crippen LogP contribution in [0.1, 0.15) is 58.8 Å². The van der Waals surface area contributed by atoms with Crippen LogP contribution in [0.4, 0.5) is 0 Å². The van der Waals surface area contributed by atoms with Crippen LogP contribution < -0.4 is 0 Å². The van der Waals surface area contributed by atoms with Crippen LogP contribution in [0.3, 0.4) is 0 Å². The van der Waals surface area contributed by atoms with Crippen molar-refractivity contribution < 1.29 is 19.8 Å². The van der Waals surface area contributed by atoms with Crippen molar-refractivity contribution in [1.82, 2.24) is 4.90 Å². The van der Waals surface area contributed by atoms with Crippen LogP contribution in [0.5, 0.6) is 0 Å². The summed E-state index contributed by atoms with van der Waals surface area (Å²) in [7, 11) is 0. The molecule has 0 aliphatic heterocycles. The van der Waals surface area contributed by atoms with Gasteiger partial charge in [0.05, 0.1) is 12.8 Å². The number of hydrogen-bond donors (Lipinski definition) is 2. The predicted octanol–water partition coefficient (Wildman–Crippen LogP) is 2.60. The van der Waals surface area contributed by atoms with Gasteiger partial charge in [-0.05, 0) is 25.9 Å². The Hall–Kier alpha value is -1.10. The summed E-state index contributed by atoms with van der Waals surface area (Å²) < 4.78 is 0. The van der Waals surface area contributed by atoms with E-state index in [4.69, 9.17) is 10.2 Å². The van der Waals surface area contributed by atoms with Crippen LogP contribution in [0.15, 0.2) is 0 Å². The van der Waals surface area contributed by atoms with Gasteiger partial charge in [0.15, 0.2) is 0 Å². The standard InChI is InChI=1S/C10H21N.C4H6O4/c1-3-11(4-2)10-8-6-5-7-9-10;5-3(6)1-2-4(7)8/h10H,3-9H2,1-2H3;1-2H2,(H,5,6)(H,7,8). The van der Waals surface area contributed by atoms with Gasteiger partial charge < -0.3 is 15.1 Å². The lowest BCUT2D eigenvalue weighted by Gasteiger charge is -2.32. The van der Waals surface area contributed by atoms with Gasteiger partial charge in [0.2, 0.25) is 0 Å². The third kappa shape index (κ3) is 9.47. The Bertz CT molecular complexity index is 244. The highest BCUT2D eigenvalue weighted by Gasteiger charge is 2.17. The average molecular weight is 273 g/mol. The molecule has 0 saturated heterocycles. The van der Waals surface area contributed by atoms with E-state index in [0.29, 0.717) is 0 Å². The molecule has 0 spiro atoms. The zero-order chi connectivity index (χ0) is 14.7. The first-order valence-electron chi connectivity index (χ1n) is 7.18. The third-order valence-electron chi connectivity index (χ3n) is 3.46. The van der Waals surface area contributed by atoms with Crippen molar-refractivity contribution in [1.29, 1.82) is 0 Å². The summed E-state index contributed by atoms with van der Waals surface area (Å²) in [6.07, 6.45) is 6.69. The highest BCUT2D eigenvalue weighted by molar-refractivity contribution is 5.75. The molecule has 1 aliphatic carbocycles. The van der Waals surface area contributed by atoms with Gasteiger partial charge >= 0.3 is 11.9 Å². The highest BCUT2D eigenvalue weighted by Crippen LogP contribution is 2.21. The number of hydrogen-bond acceptors (Lipinski definition) is 3. The van der Waals surface area contributed by atoms with Gasteiger partial charge in [-0.3, -0.25) is 9.59 Å². The molecule has 112 valence electrons. The zero-order valence-corrected chi connectivity index (χ0v) is 12.1. The van der Waals surface area contributed by atoms with E-state index in [-0.39, 0.29) is 12.8 Å². The maximum Gasteiger partial charge on any atom is 0.303 e. The molecule has 5 heteroatoms. The number of nitrogens with zero attached hydrogens (tertiary/aromatic N) is 1. The summed E-state index contributed by atoms with van der Waals surface area (Å²) in [5, 5.41) is 15.8. The summed E-state index contributed by atoms with van der Waals surface area (Å²) in [4.78, 5) is 21.9. The van der Waals surface area contributed by atoms with Gasteiger partial charge in [-0.2, -0.15) is 0 Å². The second kappa shape index (κ2) is 10.8. The minimum atomic E-state index is -1.08. The number of carbonyl (C=O) groups is 2. The van der Waals surface area contributed by atoms with Crippen molar-refractivity contribution in [3.05, 3.63) is 0 Å². The largest absolute Gasteiger partial charge is 0.481 e. The lowest BCUT2D eigenvalue weighted by molar-refractivity contribution is -0.143. The Morgan fingerprint density at radius 3 is 1.68 bits per heavy atom. The Balaban J connectivity index is 0.000000362. The van der Waals surface area contributed by atoms with Crippen LogP contribution in [0.2, 0.25) is 0 Å². The van der Waals surface area contributed by atoms with E-state index in [1.54, 1.807) is 0 Å². The quantitative estimate of drug-likeness (QED) is 0.777. The predicted molar refractivity (Wildman–Crippen MR) is 74.3 cm³/mol. The Kier molecular flexibility index (Phi) is 10.2. The van der Waals surface area contributed by atoms with Gasteiger partial charge in [-0.1, -0.05) is 33.1 Å². The van der Waals surface area contributed by atoms with Crippen LogP contribution >= 0.6 is 0 Å². The normalized spacial score (nSPS) is 15.7. The minimum absolute atomic E-state index is 0.296. The molecule has 2 N–H and O–H groups in total. The second-order valence-corrected chi connectivity index (χ2v) is 4.80. The fourth-order valence-corrected chi connectivity index (χ4v) is 2.40. The maximum atomic E-state index is 9.64. The molecule has 0 aromatic rings. The number of carboxylic acid groups (broad SMARTS) is 2. The number of rotatable bonds is 6. The van der Waals surface area contributed by atoms with E-state index < -0.39 is 11.9 Å². The zero-order valence-electron chi connectivity index (χ0n) is 12.1. The molecule has 1 fully saturated rings. The monoisotopic (exact) mass is 273 g/mol. The van der Waals surface area contributed by atoms with Gasteiger partial charge in [-0.15, -0.1) is 0 Å². The molecule has 1 rings (SSSR count). The summed E-state index contributed by atoms with van der Waals surface area (Å²) >= 11 is 0. The first-order valence-corrected chi connectivity index (χ1v) is 7.18. The lowest BCUT2D eigenvalue weighted by Crippen LogP contribution is -2.36. The Morgan fingerprint density at radius 1 is 0.947 bits per heavy atom. The van der Waals surface area contributed by atoms with E-state index in [0.717, 1.165) is 6.04 Å². The van der Waals surface area contributed by atoms with Crippen molar-refractivity contribution in [2.45, 2.75) is 64.8 Å². The molecule has 0 heterocycles. The molecule has 1 saturated carbocycles. The number of aliphatic carboxylic acids is 2. The molecule has 0 amide bonds. The highest BCUT2D eigenvalue weighted by atomic mass is 16.4. The van der Waals surface area contributed by atoms with E-state index >= 15 is 0 Å². The average Bonchev–Trinajstić information content (AvgIpc) is 2.40. The van der Waals surface area contributed by atoms with E-state index in [9.17, 15) is 9.59 Å². The number of carboxylic acids is 2. The van der Waals surface area contributed by atoms with Crippen molar-refractivity contribution in [3.63, 3.8) is 0 Å².